The summed E-state index contributed by atoms with van der Waals surface area (Å²) in [7, 11) is 0. The Morgan fingerprint density at radius 1 is 1.46 bits per heavy atom. The van der Waals surface area contributed by atoms with Gasteiger partial charge in [-0.05, 0) is 24.1 Å². The first-order valence-corrected chi connectivity index (χ1v) is 4.67. The fourth-order valence-corrected chi connectivity index (χ4v) is 1.64. The predicted molar refractivity (Wildman–Crippen MR) is 52.0 cm³/mol. The first-order valence-electron chi connectivity index (χ1n) is 4.29. The summed E-state index contributed by atoms with van der Waals surface area (Å²) in [6, 6.07) is 3.95. The molecule has 2 aromatic rings. The molecule has 0 bridgehead atoms. The van der Waals surface area contributed by atoms with Crippen LogP contribution < -0.4 is 0 Å². The van der Waals surface area contributed by atoms with Crippen molar-refractivity contribution in [3.8, 4) is 0 Å². The van der Waals surface area contributed by atoms with Crippen LogP contribution in [0.3, 0.4) is 0 Å². The minimum atomic E-state index is 0.624. The van der Waals surface area contributed by atoms with Crippen LogP contribution in [-0.2, 0) is 6.42 Å². The van der Waals surface area contributed by atoms with Crippen molar-refractivity contribution in [1.29, 1.82) is 0 Å². The van der Waals surface area contributed by atoms with E-state index in [4.69, 9.17) is 11.6 Å². The summed E-state index contributed by atoms with van der Waals surface area (Å²) in [6.07, 6.45) is 3.65. The summed E-state index contributed by atoms with van der Waals surface area (Å²) in [5, 5.41) is 4.62. The molecule has 0 aliphatic rings. The molecule has 0 spiro atoms. The van der Waals surface area contributed by atoms with E-state index in [0.29, 0.717) is 5.15 Å². The molecule has 3 nitrogen and oxygen atoms in total. The Balaban J connectivity index is 2.56. The van der Waals surface area contributed by atoms with Gasteiger partial charge in [0.15, 0.2) is 5.65 Å². The molecule has 2 heterocycles. The van der Waals surface area contributed by atoms with Gasteiger partial charge in [0.2, 0.25) is 0 Å². The Hall–Kier alpha value is -1.09. The van der Waals surface area contributed by atoms with Crippen molar-refractivity contribution < 1.29 is 0 Å². The van der Waals surface area contributed by atoms with Crippen molar-refractivity contribution in [2.24, 2.45) is 0 Å². The van der Waals surface area contributed by atoms with E-state index in [-0.39, 0.29) is 0 Å². The monoisotopic (exact) mass is 195 g/mol. The van der Waals surface area contributed by atoms with Crippen molar-refractivity contribution in [3.63, 3.8) is 0 Å². The van der Waals surface area contributed by atoms with E-state index >= 15 is 0 Å². The number of fused-ring (bicyclic) bond motifs is 1. The van der Waals surface area contributed by atoms with E-state index in [2.05, 4.69) is 17.0 Å². The van der Waals surface area contributed by atoms with E-state index in [0.717, 1.165) is 18.5 Å². The Morgan fingerprint density at radius 2 is 2.31 bits per heavy atom. The second kappa shape index (κ2) is 3.34. The van der Waals surface area contributed by atoms with E-state index in [9.17, 15) is 0 Å². The van der Waals surface area contributed by atoms with Crippen molar-refractivity contribution >= 4 is 17.2 Å². The van der Waals surface area contributed by atoms with Gasteiger partial charge in [-0.1, -0.05) is 24.9 Å². The normalized spacial score (nSPS) is 10.9. The maximum absolute atomic E-state index is 6.00. The number of pyridine rings is 1. The van der Waals surface area contributed by atoms with Crippen molar-refractivity contribution in [1.82, 2.24) is 14.6 Å². The second-order valence-electron chi connectivity index (χ2n) is 2.97. The first kappa shape index (κ1) is 8.51. The molecule has 0 radical (unpaired) electrons. The number of aryl methyl sites for hydroxylation is 1. The molecule has 0 amide bonds. The predicted octanol–water partition coefficient (Wildman–Crippen LogP) is 2.34. The zero-order valence-corrected chi connectivity index (χ0v) is 8.12. The van der Waals surface area contributed by atoms with Gasteiger partial charge in [-0.2, -0.15) is 5.10 Å². The number of hydrogen-bond donors (Lipinski definition) is 0. The molecule has 0 unspecified atom stereocenters. The molecule has 0 aromatic carbocycles. The van der Waals surface area contributed by atoms with Crippen LogP contribution in [-0.4, -0.2) is 14.6 Å². The average molecular weight is 196 g/mol. The molecule has 2 aromatic heterocycles. The van der Waals surface area contributed by atoms with Gasteiger partial charge >= 0.3 is 0 Å². The summed E-state index contributed by atoms with van der Waals surface area (Å²) in [5.41, 5.74) is 2.03. The summed E-state index contributed by atoms with van der Waals surface area (Å²) < 4.78 is 1.63. The van der Waals surface area contributed by atoms with Crippen LogP contribution in [0.15, 0.2) is 18.5 Å². The molecule has 0 aliphatic heterocycles. The molecule has 4 heteroatoms. The van der Waals surface area contributed by atoms with Crippen LogP contribution in [0.5, 0.6) is 0 Å². The molecule has 0 atom stereocenters. The zero-order chi connectivity index (χ0) is 9.26. The highest BCUT2D eigenvalue weighted by atomic mass is 35.5. The van der Waals surface area contributed by atoms with Gasteiger partial charge in [0.1, 0.15) is 11.5 Å². The Morgan fingerprint density at radius 3 is 3.08 bits per heavy atom. The third-order valence-corrected chi connectivity index (χ3v) is 2.20. The maximum atomic E-state index is 6.00. The largest absolute Gasteiger partial charge is 0.215 e. The summed E-state index contributed by atoms with van der Waals surface area (Å²) in [5.74, 6) is 0. The molecular formula is C9H10ClN3. The second-order valence-corrected chi connectivity index (χ2v) is 3.35. The lowest BCUT2D eigenvalue weighted by molar-refractivity contribution is 0.903. The maximum Gasteiger partial charge on any atom is 0.157 e. The molecule has 68 valence electrons. The average Bonchev–Trinajstić information content (AvgIpc) is 2.53. The van der Waals surface area contributed by atoms with Crippen molar-refractivity contribution in [2.75, 3.05) is 0 Å². The third kappa shape index (κ3) is 1.52. The Bertz CT molecular complexity index is 422. The lowest BCUT2D eigenvalue weighted by atomic mass is 10.1. The van der Waals surface area contributed by atoms with Crippen molar-refractivity contribution in [2.45, 2.75) is 19.8 Å². The summed E-state index contributed by atoms with van der Waals surface area (Å²) in [6.45, 7) is 2.14. The Labute approximate surface area is 81.4 Å². The van der Waals surface area contributed by atoms with Gasteiger partial charge in [-0.3, -0.25) is 0 Å². The van der Waals surface area contributed by atoms with E-state index < -0.39 is 0 Å². The van der Waals surface area contributed by atoms with E-state index in [1.165, 1.54) is 11.9 Å². The molecule has 0 fully saturated rings. The number of rotatable bonds is 2. The van der Waals surface area contributed by atoms with Crippen LogP contribution in [0.2, 0.25) is 5.15 Å². The number of nitrogens with zero attached hydrogens (tertiary/aromatic N) is 3. The first-order chi connectivity index (χ1) is 6.31. The van der Waals surface area contributed by atoms with Gasteiger partial charge < -0.3 is 0 Å². The lowest BCUT2D eigenvalue weighted by Gasteiger charge is -2.00. The minimum Gasteiger partial charge on any atom is -0.215 e. The standard InChI is InChI=1S/C9H10ClN3/c1-2-3-7-4-8(10)13-9(5-7)11-6-12-13/h4-6H,2-3H2,1H3. The summed E-state index contributed by atoms with van der Waals surface area (Å²) >= 11 is 6.00. The topological polar surface area (TPSA) is 30.2 Å². The van der Waals surface area contributed by atoms with Gasteiger partial charge in [0.25, 0.3) is 0 Å². The van der Waals surface area contributed by atoms with Crippen molar-refractivity contribution in [3.05, 3.63) is 29.2 Å². The lowest BCUT2D eigenvalue weighted by Crippen LogP contribution is -1.92. The molecule has 2 rings (SSSR count). The number of hydrogen-bond acceptors (Lipinski definition) is 2. The zero-order valence-electron chi connectivity index (χ0n) is 7.37. The van der Waals surface area contributed by atoms with Crippen LogP contribution in [0, 0.1) is 0 Å². The molecule has 0 saturated carbocycles. The van der Waals surface area contributed by atoms with Crippen LogP contribution in [0.25, 0.3) is 5.65 Å². The highest BCUT2D eigenvalue weighted by Crippen LogP contribution is 2.14. The van der Waals surface area contributed by atoms with Gasteiger partial charge in [-0.15, -0.1) is 0 Å². The third-order valence-electron chi connectivity index (χ3n) is 1.93. The fraction of sp³-hybridized carbons (Fsp3) is 0.333. The van der Waals surface area contributed by atoms with Gasteiger partial charge in [0, 0.05) is 0 Å². The minimum absolute atomic E-state index is 0.624. The quantitative estimate of drug-likeness (QED) is 0.689. The van der Waals surface area contributed by atoms with E-state index in [1.807, 2.05) is 12.1 Å². The number of aromatic nitrogens is 3. The van der Waals surface area contributed by atoms with Crippen LogP contribution >= 0.6 is 11.6 Å². The highest BCUT2D eigenvalue weighted by Gasteiger charge is 2.02. The van der Waals surface area contributed by atoms with E-state index in [1.54, 1.807) is 4.52 Å². The van der Waals surface area contributed by atoms with Gasteiger partial charge in [-0.25, -0.2) is 9.50 Å². The van der Waals surface area contributed by atoms with Crippen LogP contribution in [0.1, 0.15) is 18.9 Å². The van der Waals surface area contributed by atoms with Crippen LogP contribution in [0.4, 0.5) is 0 Å². The summed E-state index contributed by atoms with van der Waals surface area (Å²) in [4.78, 5) is 4.09. The molecule has 0 N–H and O–H groups in total. The fourth-order valence-electron chi connectivity index (χ4n) is 1.37. The van der Waals surface area contributed by atoms with Gasteiger partial charge in [0.05, 0.1) is 0 Å². The number of halogens is 1. The Kier molecular flexibility index (Phi) is 2.19. The molecular weight excluding hydrogens is 186 g/mol. The molecule has 13 heavy (non-hydrogen) atoms. The highest BCUT2D eigenvalue weighted by molar-refractivity contribution is 6.29. The molecule has 0 saturated heterocycles. The SMILES string of the molecule is CCCc1cc(Cl)n2ncnc2c1. The smallest absolute Gasteiger partial charge is 0.157 e. The molecule has 0 aliphatic carbocycles.